The van der Waals surface area contributed by atoms with Gasteiger partial charge in [-0.05, 0) is 55.7 Å². The fourth-order valence-corrected chi connectivity index (χ4v) is 3.90. The predicted octanol–water partition coefficient (Wildman–Crippen LogP) is 3.80. The number of benzene rings is 1. The summed E-state index contributed by atoms with van der Waals surface area (Å²) in [6.45, 7) is 1.97. The van der Waals surface area contributed by atoms with Crippen molar-refractivity contribution < 1.29 is 9.53 Å². The lowest BCUT2D eigenvalue weighted by Crippen LogP contribution is -2.45. The minimum absolute atomic E-state index is 0.00928. The molecule has 3 rings (SSSR count). The van der Waals surface area contributed by atoms with Crippen molar-refractivity contribution in [1.29, 1.82) is 0 Å². The van der Waals surface area contributed by atoms with Crippen molar-refractivity contribution in [1.82, 2.24) is 5.32 Å². The van der Waals surface area contributed by atoms with Gasteiger partial charge in [-0.1, -0.05) is 31.0 Å². The summed E-state index contributed by atoms with van der Waals surface area (Å²) in [4.78, 5) is 12.4. The molecule has 0 aliphatic heterocycles. The highest BCUT2D eigenvalue weighted by Gasteiger charge is 2.40. The van der Waals surface area contributed by atoms with E-state index in [1.54, 1.807) is 12.1 Å². The second-order valence-corrected chi connectivity index (χ2v) is 6.70. The van der Waals surface area contributed by atoms with E-state index in [1.807, 2.05) is 19.1 Å². The van der Waals surface area contributed by atoms with Gasteiger partial charge in [-0.2, -0.15) is 0 Å². The van der Waals surface area contributed by atoms with Crippen LogP contribution in [0, 0.1) is 11.8 Å². The molecule has 0 spiro atoms. The van der Waals surface area contributed by atoms with Crippen molar-refractivity contribution in [2.24, 2.45) is 11.8 Å². The van der Waals surface area contributed by atoms with Crippen LogP contribution >= 0.6 is 11.6 Å². The maximum absolute atomic E-state index is 12.4. The Morgan fingerprint density at radius 1 is 1.43 bits per heavy atom. The molecule has 2 aliphatic rings. The third-order valence-electron chi connectivity index (χ3n) is 4.80. The average molecular weight is 308 g/mol. The molecule has 0 unspecified atom stereocenters. The molecule has 1 amide bonds. The van der Waals surface area contributed by atoms with Gasteiger partial charge >= 0.3 is 0 Å². The van der Waals surface area contributed by atoms with Crippen LogP contribution in [0.25, 0.3) is 0 Å². The summed E-state index contributed by atoms with van der Waals surface area (Å²) in [5.41, 5.74) is 0. The van der Waals surface area contributed by atoms with E-state index in [2.05, 4.69) is 5.32 Å². The Bertz CT molecular complexity index is 519. The Morgan fingerprint density at radius 2 is 2.29 bits per heavy atom. The first-order valence-corrected chi connectivity index (χ1v) is 8.26. The largest absolute Gasteiger partial charge is 0.481 e. The summed E-state index contributed by atoms with van der Waals surface area (Å²) in [6, 6.07) is 7.56. The van der Waals surface area contributed by atoms with Crippen LogP contribution in [0.3, 0.4) is 0 Å². The summed E-state index contributed by atoms with van der Waals surface area (Å²) < 4.78 is 5.80. The van der Waals surface area contributed by atoms with Crippen LogP contribution in [0.5, 0.6) is 5.75 Å². The van der Waals surface area contributed by atoms with Crippen molar-refractivity contribution in [3.8, 4) is 5.75 Å². The van der Waals surface area contributed by atoms with Crippen LogP contribution < -0.4 is 10.1 Å². The number of rotatable bonds is 5. The first-order valence-electron chi connectivity index (χ1n) is 7.88. The number of nitrogens with one attached hydrogen (secondary N) is 1. The molecular formula is C17H22ClNO2. The minimum atomic E-state index is -0.442. The van der Waals surface area contributed by atoms with E-state index in [-0.39, 0.29) is 5.91 Å². The number of carbonyl (C=O) groups excluding carboxylic acids is 1. The third-order valence-corrected chi connectivity index (χ3v) is 5.04. The van der Waals surface area contributed by atoms with Gasteiger partial charge in [0.1, 0.15) is 5.75 Å². The zero-order valence-electron chi connectivity index (χ0n) is 12.3. The van der Waals surface area contributed by atoms with Gasteiger partial charge < -0.3 is 10.1 Å². The molecule has 1 N–H and O–H groups in total. The summed E-state index contributed by atoms with van der Waals surface area (Å²) in [6.07, 6.45) is 5.25. The topological polar surface area (TPSA) is 38.3 Å². The smallest absolute Gasteiger partial charge is 0.261 e. The van der Waals surface area contributed by atoms with Gasteiger partial charge in [-0.25, -0.2) is 0 Å². The highest BCUT2D eigenvalue weighted by atomic mass is 35.5. The Morgan fingerprint density at radius 3 is 2.90 bits per heavy atom. The lowest BCUT2D eigenvalue weighted by molar-refractivity contribution is -0.129. The highest BCUT2D eigenvalue weighted by molar-refractivity contribution is 6.30. The molecule has 1 aromatic carbocycles. The number of carbonyl (C=O) groups is 1. The summed E-state index contributed by atoms with van der Waals surface area (Å²) >= 11 is 5.95. The first kappa shape index (κ1) is 14.7. The number of hydrogen-bond donors (Lipinski definition) is 1. The summed E-state index contributed by atoms with van der Waals surface area (Å²) in [7, 11) is 0. The van der Waals surface area contributed by atoms with Crippen molar-refractivity contribution in [3.05, 3.63) is 29.3 Å². The molecule has 2 aliphatic carbocycles. The van der Waals surface area contributed by atoms with Gasteiger partial charge in [0, 0.05) is 11.1 Å². The normalized spacial score (nSPS) is 28.4. The average Bonchev–Trinajstić information content (AvgIpc) is 3.07. The molecule has 114 valence electrons. The second-order valence-electron chi connectivity index (χ2n) is 6.26. The fourth-order valence-electron chi connectivity index (χ4n) is 3.72. The molecule has 0 heterocycles. The standard InChI is InChI=1S/C17H22ClNO2/c1-2-16(21-14-5-3-4-13(18)10-14)17(20)19-15-9-11-6-7-12(15)8-11/h3-5,10-12,15-16H,2,6-9H2,1H3,(H,19,20)/t11-,12-,15+,16-/m0/s1. The zero-order valence-corrected chi connectivity index (χ0v) is 13.1. The van der Waals surface area contributed by atoms with Crippen LogP contribution in [-0.4, -0.2) is 18.1 Å². The molecule has 0 aromatic heterocycles. The molecule has 21 heavy (non-hydrogen) atoms. The fraction of sp³-hybridized carbons (Fsp3) is 0.588. The number of amides is 1. The Balaban J connectivity index is 1.59. The highest BCUT2D eigenvalue weighted by Crippen LogP contribution is 2.44. The van der Waals surface area contributed by atoms with E-state index in [1.165, 1.54) is 19.3 Å². The molecular weight excluding hydrogens is 286 g/mol. The van der Waals surface area contributed by atoms with Gasteiger partial charge in [0.25, 0.3) is 5.91 Å². The van der Waals surface area contributed by atoms with Gasteiger partial charge in [-0.3, -0.25) is 4.79 Å². The maximum Gasteiger partial charge on any atom is 0.261 e. The van der Waals surface area contributed by atoms with E-state index in [4.69, 9.17) is 16.3 Å². The second kappa shape index (κ2) is 6.27. The number of ether oxygens (including phenoxy) is 1. The molecule has 0 saturated heterocycles. The number of halogens is 1. The monoisotopic (exact) mass is 307 g/mol. The van der Waals surface area contributed by atoms with E-state index < -0.39 is 6.10 Å². The van der Waals surface area contributed by atoms with Crippen molar-refractivity contribution in [2.45, 2.75) is 51.2 Å². The molecule has 1 aromatic rings. The van der Waals surface area contributed by atoms with Crippen molar-refractivity contribution in [2.75, 3.05) is 0 Å². The van der Waals surface area contributed by atoms with Crippen LogP contribution in [0.1, 0.15) is 39.0 Å². The molecule has 4 atom stereocenters. The quantitative estimate of drug-likeness (QED) is 0.898. The molecule has 2 fully saturated rings. The SMILES string of the molecule is CC[C@H](Oc1cccc(Cl)c1)C(=O)N[C@@H]1C[C@H]2CC[C@H]1C2. The molecule has 4 heteroatoms. The zero-order chi connectivity index (χ0) is 14.8. The van der Waals surface area contributed by atoms with Gasteiger partial charge in [-0.15, -0.1) is 0 Å². The lowest BCUT2D eigenvalue weighted by Gasteiger charge is -2.25. The summed E-state index contributed by atoms with van der Waals surface area (Å²) in [5.74, 6) is 2.17. The minimum Gasteiger partial charge on any atom is -0.481 e. The Labute approximate surface area is 131 Å². The number of fused-ring (bicyclic) bond motifs is 2. The predicted molar refractivity (Wildman–Crippen MR) is 83.5 cm³/mol. The Hall–Kier alpha value is -1.22. The molecule has 2 bridgehead atoms. The van der Waals surface area contributed by atoms with E-state index in [9.17, 15) is 4.79 Å². The summed E-state index contributed by atoms with van der Waals surface area (Å²) in [5, 5.41) is 3.82. The van der Waals surface area contributed by atoms with E-state index >= 15 is 0 Å². The molecule has 2 saturated carbocycles. The van der Waals surface area contributed by atoms with Gasteiger partial charge in [0.15, 0.2) is 6.10 Å². The van der Waals surface area contributed by atoms with E-state index in [0.717, 1.165) is 12.3 Å². The van der Waals surface area contributed by atoms with Crippen LogP contribution in [-0.2, 0) is 4.79 Å². The van der Waals surface area contributed by atoms with Gasteiger partial charge in [0.2, 0.25) is 0 Å². The number of hydrogen-bond acceptors (Lipinski definition) is 2. The van der Waals surface area contributed by atoms with Crippen molar-refractivity contribution in [3.63, 3.8) is 0 Å². The van der Waals surface area contributed by atoms with Crippen molar-refractivity contribution >= 4 is 17.5 Å². The van der Waals surface area contributed by atoms with Crippen LogP contribution in [0.4, 0.5) is 0 Å². The van der Waals surface area contributed by atoms with E-state index in [0.29, 0.717) is 29.2 Å². The molecule has 0 radical (unpaired) electrons. The maximum atomic E-state index is 12.4. The molecule has 3 nitrogen and oxygen atoms in total. The Kier molecular flexibility index (Phi) is 4.39. The first-order chi connectivity index (χ1) is 10.2. The van der Waals surface area contributed by atoms with Gasteiger partial charge in [0.05, 0.1) is 0 Å². The lowest BCUT2D eigenvalue weighted by atomic mass is 9.95. The van der Waals surface area contributed by atoms with Crippen LogP contribution in [0.15, 0.2) is 24.3 Å². The van der Waals surface area contributed by atoms with Crippen LogP contribution in [0.2, 0.25) is 5.02 Å². The third kappa shape index (κ3) is 3.34.